The number of nitrogens with zero attached hydrogens (tertiary/aromatic N) is 1. The van der Waals surface area contributed by atoms with Gasteiger partial charge in [-0.05, 0) is 67.7 Å². The number of aliphatic hydroxyl groups is 1. The molecule has 0 radical (unpaired) electrons. The van der Waals surface area contributed by atoms with Crippen LogP contribution in [0, 0.1) is 5.41 Å². The minimum atomic E-state index is -0.120. The van der Waals surface area contributed by atoms with E-state index < -0.39 is 0 Å². The molecule has 2 aliphatic rings. The number of furan rings is 1. The Morgan fingerprint density at radius 1 is 1.25 bits per heavy atom. The van der Waals surface area contributed by atoms with Crippen molar-refractivity contribution in [1.29, 1.82) is 0 Å². The average Bonchev–Trinajstić information content (AvgIpc) is 2.89. The molecular formula is C15H20ClNO3. The molecule has 0 unspecified atom stereocenters. The van der Waals surface area contributed by atoms with Gasteiger partial charge in [0, 0.05) is 13.1 Å². The minimum absolute atomic E-state index is 0.0670. The molecule has 1 aromatic rings. The summed E-state index contributed by atoms with van der Waals surface area (Å²) in [6.45, 7) is 1.54. The van der Waals surface area contributed by atoms with Crippen LogP contribution in [0.4, 0.5) is 0 Å². The van der Waals surface area contributed by atoms with Gasteiger partial charge in [0.25, 0.3) is 5.91 Å². The number of amides is 1. The molecular weight excluding hydrogens is 278 g/mol. The summed E-state index contributed by atoms with van der Waals surface area (Å²) in [6.07, 6.45) is 5.92. The maximum absolute atomic E-state index is 12.3. The molecule has 3 rings (SSSR count). The van der Waals surface area contributed by atoms with Gasteiger partial charge in [-0.15, -0.1) is 0 Å². The third-order valence-corrected chi connectivity index (χ3v) is 5.11. The molecule has 2 fully saturated rings. The largest absolute Gasteiger partial charge is 0.440 e. The Kier molecular flexibility index (Phi) is 3.78. The van der Waals surface area contributed by atoms with Crippen molar-refractivity contribution < 1.29 is 14.3 Å². The van der Waals surface area contributed by atoms with Crippen molar-refractivity contribution in [3.63, 3.8) is 0 Å². The lowest BCUT2D eigenvalue weighted by Crippen LogP contribution is -2.44. The van der Waals surface area contributed by atoms with Gasteiger partial charge in [0.15, 0.2) is 11.0 Å². The molecule has 1 aliphatic heterocycles. The third kappa shape index (κ3) is 2.72. The van der Waals surface area contributed by atoms with Crippen molar-refractivity contribution in [2.45, 2.75) is 44.6 Å². The van der Waals surface area contributed by atoms with Crippen LogP contribution in [0.5, 0.6) is 0 Å². The normalized spacial score (nSPS) is 23.2. The monoisotopic (exact) mass is 297 g/mol. The highest BCUT2D eigenvalue weighted by Crippen LogP contribution is 2.44. The van der Waals surface area contributed by atoms with Crippen molar-refractivity contribution in [3.8, 4) is 0 Å². The van der Waals surface area contributed by atoms with Gasteiger partial charge in [0.1, 0.15) is 0 Å². The lowest BCUT2D eigenvalue weighted by Gasteiger charge is -2.45. The Labute approximate surface area is 123 Å². The first kappa shape index (κ1) is 14.0. The summed E-state index contributed by atoms with van der Waals surface area (Å²) >= 11 is 5.71. The van der Waals surface area contributed by atoms with Gasteiger partial charge in [-0.2, -0.15) is 0 Å². The van der Waals surface area contributed by atoms with Gasteiger partial charge >= 0.3 is 0 Å². The maximum atomic E-state index is 12.3. The van der Waals surface area contributed by atoms with Gasteiger partial charge in [0.05, 0.1) is 6.10 Å². The van der Waals surface area contributed by atoms with E-state index in [4.69, 9.17) is 16.0 Å². The van der Waals surface area contributed by atoms with E-state index in [1.165, 1.54) is 0 Å². The molecule has 1 N–H and O–H groups in total. The van der Waals surface area contributed by atoms with E-state index in [-0.39, 0.29) is 17.2 Å². The van der Waals surface area contributed by atoms with Gasteiger partial charge in [-0.3, -0.25) is 4.79 Å². The van der Waals surface area contributed by atoms with Gasteiger partial charge in [-0.1, -0.05) is 0 Å². The third-order valence-electron chi connectivity index (χ3n) is 4.91. The number of halogens is 1. The quantitative estimate of drug-likeness (QED) is 0.866. The van der Waals surface area contributed by atoms with Crippen LogP contribution in [-0.2, 0) is 0 Å². The predicted molar refractivity (Wildman–Crippen MR) is 75.8 cm³/mol. The minimum Gasteiger partial charge on any atom is -0.440 e. The Hall–Kier alpha value is -1.00. The van der Waals surface area contributed by atoms with Crippen LogP contribution in [0.25, 0.3) is 0 Å². The summed E-state index contributed by atoms with van der Waals surface area (Å²) in [5.41, 5.74) is 0.344. The lowest BCUT2D eigenvalue weighted by atomic mass is 9.67. The summed E-state index contributed by atoms with van der Waals surface area (Å²) < 4.78 is 5.19. The van der Waals surface area contributed by atoms with Crippen molar-refractivity contribution >= 4 is 17.5 Å². The molecule has 0 aromatic carbocycles. The number of rotatable bonds is 1. The van der Waals surface area contributed by atoms with E-state index in [9.17, 15) is 9.90 Å². The standard InChI is InChI=1S/C15H20ClNO3/c16-13-2-1-12(20-13)14(19)17-9-7-15(8-10-17)5-3-11(18)4-6-15/h1-2,11,18H,3-10H2. The van der Waals surface area contributed by atoms with Crippen LogP contribution in [0.2, 0.25) is 5.22 Å². The Balaban J connectivity index is 1.60. The van der Waals surface area contributed by atoms with Crippen molar-refractivity contribution in [2.75, 3.05) is 13.1 Å². The van der Waals surface area contributed by atoms with Crippen LogP contribution in [0.1, 0.15) is 49.1 Å². The zero-order chi connectivity index (χ0) is 14.2. The molecule has 1 amide bonds. The van der Waals surface area contributed by atoms with Crippen LogP contribution in [0.3, 0.4) is 0 Å². The molecule has 4 nitrogen and oxygen atoms in total. The SMILES string of the molecule is O=C(c1ccc(Cl)o1)N1CCC2(CCC(O)CC2)CC1. The summed E-state index contributed by atoms with van der Waals surface area (Å²) in [6, 6.07) is 3.23. The van der Waals surface area contributed by atoms with Gasteiger partial charge in [0.2, 0.25) is 0 Å². The second-order valence-electron chi connectivity index (χ2n) is 6.13. The Bertz CT molecular complexity index is 481. The maximum Gasteiger partial charge on any atom is 0.289 e. The number of likely N-dealkylation sites (tertiary alicyclic amines) is 1. The number of carbonyl (C=O) groups is 1. The fourth-order valence-corrected chi connectivity index (χ4v) is 3.63. The van der Waals surface area contributed by atoms with Crippen LogP contribution >= 0.6 is 11.6 Å². The fraction of sp³-hybridized carbons (Fsp3) is 0.667. The van der Waals surface area contributed by atoms with Crippen LogP contribution in [0.15, 0.2) is 16.5 Å². The molecule has 1 saturated carbocycles. The molecule has 5 heteroatoms. The van der Waals surface area contributed by atoms with Gasteiger partial charge < -0.3 is 14.4 Å². The highest BCUT2D eigenvalue weighted by Gasteiger charge is 2.39. The summed E-state index contributed by atoms with van der Waals surface area (Å²) in [5, 5.41) is 9.88. The molecule has 1 spiro atoms. The van der Waals surface area contributed by atoms with Crippen LogP contribution < -0.4 is 0 Å². The number of hydrogen-bond donors (Lipinski definition) is 1. The van der Waals surface area contributed by atoms with Crippen molar-refractivity contribution in [3.05, 3.63) is 23.1 Å². The van der Waals surface area contributed by atoms with E-state index in [0.29, 0.717) is 11.2 Å². The first-order valence-corrected chi connectivity index (χ1v) is 7.68. The molecule has 0 atom stereocenters. The van der Waals surface area contributed by atoms with Crippen molar-refractivity contribution in [1.82, 2.24) is 4.90 Å². The fourth-order valence-electron chi connectivity index (χ4n) is 3.48. The number of aliphatic hydroxyl groups excluding tert-OH is 1. The Morgan fingerprint density at radius 3 is 2.45 bits per heavy atom. The average molecular weight is 298 g/mol. The van der Waals surface area contributed by atoms with E-state index in [1.807, 2.05) is 4.90 Å². The smallest absolute Gasteiger partial charge is 0.289 e. The van der Waals surface area contributed by atoms with Crippen molar-refractivity contribution in [2.24, 2.45) is 5.41 Å². The molecule has 0 bridgehead atoms. The molecule has 110 valence electrons. The second kappa shape index (κ2) is 5.41. The number of hydrogen-bond acceptors (Lipinski definition) is 3. The number of carbonyl (C=O) groups excluding carboxylic acids is 1. The summed E-state index contributed by atoms with van der Waals surface area (Å²) in [5.74, 6) is 0.257. The molecule has 2 heterocycles. The first-order valence-electron chi connectivity index (χ1n) is 7.31. The number of piperidine rings is 1. The lowest BCUT2D eigenvalue weighted by molar-refractivity contribution is 0.0158. The highest BCUT2D eigenvalue weighted by atomic mass is 35.5. The molecule has 1 aliphatic carbocycles. The molecule has 20 heavy (non-hydrogen) atoms. The van der Waals surface area contributed by atoms with E-state index in [1.54, 1.807) is 12.1 Å². The zero-order valence-corrected chi connectivity index (χ0v) is 12.2. The van der Waals surface area contributed by atoms with Gasteiger partial charge in [-0.25, -0.2) is 0 Å². The van der Waals surface area contributed by atoms with E-state index >= 15 is 0 Å². The topological polar surface area (TPSA) is 53.7 Å². The summed E-state index contributed by atoms with van der Waals surface area (Å²) in [4.78, 5) is 14.1. The molecule has 1 saturated heterocycles. The van der Waals surface area contributed by atoms with Crippen LogP contribution in [-0.4, -0.2) is 35.1 Å². The second-order valence-corrected chi connectivity index (χ2v) is 6.50. The Morgan fingerprint density at radius 2 is 1.90 bits per heavy atom. The summed E-state index contributed by atoms with van der Waals surface area (Å²) in [7, 11) is 0. The van der Waals surface area contributed by atoms with E-state index in [2.05, 4.69) is 0 Å². The first-order chi connectivity index (χ1) is 9.58. The highest BCUT2D eigenvalue weighted by molar-refractivity contribution is 6.29. The predicted octanol–water partition coefficient (Wildman–Crippen LogP) is 3.09. The molecule has 1 aromatic heterocycles. The van der Waals surface area contributed by atoms with E-state index in [0.717, 1.165) is 51.6 Å². The zero-order valence-electron chi connectivity index (χ0n) is 11.5.